The van der Waals surface area contributed by atoms with Gasteiger partial charge in [-0.05, 0) is 30.3 Å². The Hall–Kier alpha value is -4.15. The van der Waals surface area contributed by atoms with Crippen molar-refractivity contribution >= 4 is 22.2 Å². The standard InChI is InChI=1S/C25H21FN6O3/c26-19-13-22(33)18(25(34)20-4-6-32-23(30-20)3-5-29-32)12-17(19)24-16-2-1-15(11-21(16)27-14-28-24)31-7-9-35-10-8-31/h1-6,11-14,25,33-34H,7-10H2. The van der Waals surface area contributed by atoms with Crippen LogP contribution in [0.3, 0.4) is 0 Å². The number of halogens is 1. The molecule has 5 aromatic rings. The molecule has 0 bridgehead atoms. The number of hydrogen-bond acceptors (Lipinski definition) is 8. The largest absolute Gasteiger partial charge is 0.507 e. The Labute approximate surface area is 199 Å². The highest BCUT2D eigenvalue weighted by molar-refractivity contribution is 5.94. The van der Waals surface area contributed by atoms with E-state index in [9.17, 15) is 10.2 Å². The molecule has 3 aromatic heterocycles. The summed E-state index contributed by atoms with van der Waals surface area (Å²) >= 11 is 0. The highest BCUT2D eigenvalue weighted by atomic mass is 19.1. The van der Waals surface area contributed by atoms with Crippen molar-refractivity contribution in [1.29, 1.82) is 0 Å². The molecule has 0 spiro atoms. The molecule has 0 radical (unpaired) electrons. The Balaban J connectivity index is 1.42. The normalized spacial score (nSPS) is 15.1. The highest BCUT2D eigenvalue weighted by Crippen LogP contribution is 2.37. The molecule has 4 heterocycles. The van der Waals surface area contributed by atoms with Gasteiger partial charge in [-0.25, -0.2) is 23.9 Å². The molecule has 1 fully saturated rings. The smallest absolute Gasteiger partial charge is 0.155 e. The highest BCUT2D eigenvalue weighted by Gasteiger charge is 2.22. The Bertz CT molecular complexity index is 1550. The predicted octanol–water partition coefficient (Wildman–Crippen LogP) is 3.10. The summed E-state index contributed by atoms with van der Waals surface area (Å²) in [5.41, 5.74) is 3.15. The Morgan fingerprint density at radius 2 is 1.89 bits per heavy atom. The Kier molecular flexibility index (Phi) is 5.24. The number of morpholine rings is 1. The third kappa shape index (κ3) is 3.82. The third-order valence-electron chi connectivity index (χ3n) is 6.22. The van der Waals surface area contributed by atoms with Gasteiger partial charge in [-0.1, -0.05) is 0 Å². The summed E-state index contributed by atoms with van der Waals surface area (Å²) in [4.78, 5) is 15.3. The van der Waals surface area contributed by atoms with E-state index >= 15 is 4.39 Å². The molecule has 1 atom stereocenters. The van der Waals surface area contributed by atoms with Crippen LogP contribution in [0.25, 0.3) is 27.8 Å². The van der Waals surface area contributed by atoms with Crippen LogP contribution in [-0.4, -0.2) is 61.1 Å². The van der Waals surface area contributed by atoms with Crippen LogP contribution in [0.4, 0.5) is 10.1 Å². The van der Waals surface area contributed by atoms with Gasteiger partial charge in [0.05, 0.1) is 36.3 Å². The van der Waals surface area contributed by atoms with E-state index in [4.69, 9.17) is 4.74 Å². The molecule has 176 valence electrons. The van der Waals surface area contributed by atoms with Crippen LogP contribution in [0.1, 0.15) is 17.4 Å². The van der Waals surface area contributed by atoms with E-state index in [1.54, 1.807) is 29.0 Å². The van der Waals surface area contributed by atoms with Crippen molar-refractivity contribution < 1.29 is 19.3 Å². The number of phenolic OH excluding ortho intramolecular Hbond substituents is 1. The van der Waals surface area contributed by atoms with Crippen LogP contribution < -0.4 is 4.90 Å². The predicted molar refractivity (Wildman–Crippen MR) is 127 cm³/mol. The SMILES string of the molecule is Oc1cc(F)c(-c2ncnc3cc(N4CCOCC4)ccc23)cc1C(O)c1ccn2nccc2n1. The molecule has 1 unspecified atom stereocenters. The first-order valence-electron chi connectivity index (χ1n) is 11.2. The molecule has 10 heteroatoms. The maximum absolute atomic E-state index is 15.1. The second kappa shape index (κ2) is 8.57. The van der Waals surface area contributed by atoms with Gasteiger partial charge >= 0.3 is 0 Å². The molecule has 1 aliphatic rings. The van der Waals surface area contributed by atoms with Gasteiger partial charge in [0.2, 0.25) is 0 Å². The van der Waals surface area contributed by atoms with E-state index < -0.39 is 11.9 Å². The van der Waals surface area contributed by atoms with Crippen molar-refractivity contribution in [2.24, 2.45) is 0 Å². The zero-order valence-corrected chi connectivity index (χ0v) is 18.5. The van der Waals surface area contributed by atoms with E-state index in [1.807, 2.05) is 18.2 Å². The second-order valence-electron chi connectivity index (χ2n) is 8.30. The molecular weight excluding hydrogens is 451 g/mol. The van der Waals surface area contributed by atoms with Crippen LogP contribution in [0.5, 0.6) is 5.75 Å². The fourth-order valence-corrected chi connectivity index (χ4v) is 4.40. The average molecular weight is 472 g/mol. The summed E-state index contributed by atoms with van der Waals surface area (Å²) in [6.07, 6.45) is 3.36. The fourth-order valence-electron chi connectivity index (χ4n) is 4.40. The quantitative estimate of drug-likeness (QED) is 0.411. The zero-order valence-electron chi connectivity index (χ0n) is 18.5. The molecule has 2 aromatic carbocycles. The first-order chi connectivity index (χ1) is 17.1. The summed E-state index contributed by atoms with van der Waals surface area (Å²) in [7, 11) is 0. The maximum Gasteiger partial charge on any atom is 0.155 e. The van der Waals surface area contributed by atoms with Crippen molar-refractivity contribution in [1.82, 2.24) is 24.6 Å². The lowest BCUT2D eigenvalue weighted by Gasteiger charge is -2.29. The number of ether oxygens (including phenoxy) is 1. The molecule has 35 heavy (non-hydrogen) atoms. The van der Waals surface area contributed by atoms with Gasteiger partial charge in [0, 0.05) is 53.6 Å². The monoisotopic (exact) mass is 472 g/mol. The van der Waals surface area contributed by atoms with Crippen LogP contribution in [0.15, 0.2) is 61.2 Å². The van der Waals surface area contributed by atoms with E-state index in [1.165, 1.54) is 12.4 Å². The van der Waals surface area contributed by atoms with E-state index in [-0.39, 0.29) is 16.9 Å². The number of anilines is 1. The summed E-state index contributed by atoms with van der Waals surface area (Å²) in [6, 6.07) is 11.5. The first kappa shape index (κ1) is 21.4. The fraction of sp³-hybridized carbons (Fsp3) is 0.200. The number of aliphatic hydroxyl groups is 1. The number of rotatable bonds is 4. The lowest BCUT2D eigenvalue weighted by Crippen LogP contribution is -2.36. The van der Waals surface area contributed by atoms with Crippen molar-refractivity contribution in [2.75, 3.05) is 31.2 Å². The molecule has 1 aliphatic heterocycles. The van der Waals surface area contributed by atoms with Gasteiger partial charge in [-0.2, -0.15) is 5.10 Å². The number of nitrogens with zero attached hydrogens (tertiary/aromatic N) is 6. The van der Waals surface area contributed by atoms with Crippen molar-refractivity contribution in [3.05, 3.63) is 78.3 Å². The van der Waals surface area contributed by atoms with Gasteiger partial charge in [-0.15, -0.1) is 0 Å². The summed E-state index contributed by atoms with van der Waals surface area (Å²) in [5.74, 6) is -1.03. The minimum Gasteiger partial charge on any atom is -0.507 e. The molecule has 9 nitrogen and oxygen atoms in total. The maximum atomic E-state index is 15.1. The van der Waals surface area contributed by atoms with E-state index in [0.717, 1.165) is 24.8 Å². The average Bonchev–Trinajstić information content (AvgIpc) is 3.36. The van der Waals surface area contributed by atoms with Crippen LogP contribution >= 0.6 is 0 Å². The number of benzene rings is 2. The first-order valence-corrected chi connectivity index (χ1v) is 11.2. The van der Waals surface area contributed by atoms with Crippen LogP contribution in [-0.2, 0) is 4.74 Å². The number of aliphatic hydroxyl groups excluding tert-OH is 1. The Morgan fingerprint density at radius 3 is 2.74 bits per heavy atom. The number of fused-ring (bicyclic) bond motifs is 2. The van der Waals surface area contributed by atoms with Gasteiger partial charge in [0.1, 0.15) is 24.0 Å². The second-order valence-corrected chi connectivity index (χ2v) is 8.30. The van der Waals surface area contributed by atoms with Gasteiger partial charge in [0.25, 0.3) is 0 Å². The number of phenols is 1. The molecule has 2 N–H and O–H groups in total. The van der Waals surface area contributed by atoms with Crippen molar-refractivity contribution in [2.45, 2.75) is 6.10 Å². The lowest BCUT2D eigenvalue weighted by atomic mass is 9.98. The summed E-state index contributed by atoms with van der Waals surface area (Å²) in [5, 5.41) is 26.2. The summed E-state index contributed by atoms with van der Waals surface area (Å²) < 4.78 is 22.1. The number of aromatic nitrogens is 5. The zero-order chi connectivity index (χ0) is 23.9. The van der Waals surface area contributed by atoms with Gasteiger partial charge in [0.15, 0.2) is 5.65 Å². The Morgan fingerprint density at radius 1 is 1.03 bits per heavy atom. The molecular formula is C25H21FN6O3. The van der Waals surface area contributed by atoms with E-state index in [2.05, 4.69) is 25.0 Å². The molecule has 0 amide bonds. The third-order valence-corrected chi connectivity index (χ3v) is 6.22. The minimum absolute atomic E-state index is 0.120. The van der Waals surface area contributed by atoms with Gasteiger partial charge < -0.3 is 19.8 Å². The minimum atomic E-state index is -1.28. The molecule has 0 aliphatic carbocycles. The van der Waals surface area contributed by atoms with E-state index in [0.29, 0.717) is 41.2 Å². The molecule has 6 rings (SSSR count). The topological polar surface area (TPSA) is 109 Å². The molecule has 0 saturated carbocycles. The number of hydrogen-bond donors (Lipinski definition) is 2. The summed E-state index contributed by atoms with van der Waals surface area (Å²) in [6.45, 7) is 2.91. The van der Waals surface area contributed by atoms with Gasteiger partial charge in [-0.3, -0.25) is 0 Å². The van der Waals surface area contributed by atoms with Crippen LogP contribution in [0, 0.1) is 5.82 Å². The number of aromatic hydroxyl groups is 1. The van der Waals surface area contributed by atoms with Crippen molar-refractivity contribution in [3.63, 3.8) is 0 Å². The van der Waals surface area contributed by atoms with Crippen molar-refractivity contribution in [3.8, 4) is 17.0 Å². The van der Waals surface area contributed by atoms with Crippen LogP contribution in [0.2, 0.25) is 0 Å². The lowest BCUT2D eigenvalue weighted by molar-refractivity contribution is 0.122. The molecule has 1 saturated heterocycles.